The molecule has 1 aromatic rings. The largest absolute Gasteiger partial charge is 0.349 e. The van der Waals surface area contributed by atoms with Gasteiger partial charge in [0.1, 0.15) is 5.01 Å². The Kier molecular flexibility index (Phi) is 4.12. The Morgan fingerprint density at radius 2 is 2.41 bits per heavy atom. The van der Waals surface area contributed by atoms with E-state index in [1.165, 1.54) is 4.88 Å². The van der Waals surface area contributed by atoms with Gasteiger partial charge in [0.25, 0.3) is 0 Å². The van der Waals surface area contributed by atoms with Crippen LogP contribution in [-0.2, 0) is 11.3 Å². The summed E-state index contributed by atoms with van der Waals surface area (Å²) in [7, 11) is 0. The van der Waals surface area contributed by atoms with Gasteiger partial charge < -0.3 is 10.6 Å². The van der Waals surface area contributed by atoms with Crippen molar-refractivity contribution in [3.8, 4) is 0 Å². The normalized spacial score (nSPS) is 20.2. The molecule has 1 aliphatic heterocycles. The van der Waals surface area contributed by atoms with Gasteiger partial charge in [-0.25, -0.2) is 4.98 Å². The van der Waals surface area contributed by atoms with Crippen molar-refractivity contribution >= 4 is 17.2 Å². The minimum atomic E-state index is 0.130. The third kappa shape index (κ3) is 3.26. The number of carbonyl (C=O) groups is 1. The fourth-order valence-corrected chi connectivity index (χ4v) is 2.87. The van der Waals surface area contributed by atoms with Crippen molar-refractivity contribution in [3.05, 3.63) is 15.6 Å². The Morgan fingerprint density at radius 3 is 3.00 bits per heavy atom. The molecule has 0 bridgehead atoms. The second kappa shape index (κ2) is 5.60. The molecule has 1 amide bonds. The number of amides is 1. The van der Waals surface area contributed by atoms with Crippen molar-refractivity contribution in [1.82, 2.24) is 15.6 Å². The molecular formula is C12H19N3OS. The average Bonchev–Trinajstić information content (AvgIpc) is 2.67. The van der Waals surface area contributed by atoms with E-state index in [-0.39, 0.29) is 11.8 Å². The van der Waals surface area contributed by atoms with E-state index in [1.54, 1.807) is 11.3 Å². The van der Waals surface area contributed by atoms with Crippen LogP contribution in [0.4, 0.5) is 0 Å². The smallest absolute Gasteiger partial charge is 0.224 e. The van der Waals surface area contributed by atoms with E-state index < -0.39 is 0 Å². The van der Waals surface area contributed by atoms with Crippen LogP contribution in [0.2, 0.25) is 0 Å². The number of piperidine rings is 1. The topological polar surface area (TPSA) is 54.0 Å². The Morgan fingerprint density at radius 1 is 1.59 bits per heavy atom. The van der Waals surface area contributed by atoms with Gasteiger partial charge in [0, 0.05) is 11.4 Å². The highest BCUT2D eigenvalue weighted by Gasteiger charge is 2.20. The zero-order valence-electron chi connectivity index (χ0n) is 10.4. The summed E-state index contributed by atoms with van der Waals surface area (Å²) in [4.78, 5) is 17.5. The van der Waals surface area contributed by atoms with E-state index in [9.17, 15) is 4.79 Å². The first kappa shape index (κ1) is 12.5. The minimum absolute atomic E-state index is 0.130. The summed E-state index contributed by atoms with van der Waals surface area (Å²) in [6.07, 6.45) is 2.09. The summed E-state index contributed by atoms with van der Waals surface area (Å²) < 4.78 is 0. The van der Waals surface area contributed by atoms with E-state index in [1.807, 2.05) is 6.92 Å². The maximum atomic E-state index is 11.9. The molecule has 1 unspecified atom stereocenters. The molecule has 17 heavy (non-hydrogen) atoms. The first-order chi connectivity index (χ1) is 8.16. The van der Waals surface area contributed by atoms with Crippen LogP contribution >= 0.6 is 11.3 Å². The van der Waals surface area contributed by atoms with Gasteiger partial charge in [-0.1, -0.05) is 0 Å². The summed E-state index contributed by atoms with van der Waals surface area (Å²) in [5.74, 6) is 0.286. The van der Waals surface area contributed by atoms with E-state index in [4.69, 9.17) is 0 Å². The number of carbonyl (C=O) groups excluding carboxylic acids is 1. The van der Waals surface area contributed by atoms with Gasteiger partial charge in [-0.05, 0) is 33.2 Å². The van der Waals surface area contributed by atoms with E-state index >= 15 is 0 Å². The van der Waals surface area contributed by atoms with Crippen LogP contribution in [0.5, 0.6) is 0 Å². The summed E-state index contributed by atoms with van der Waals surface area (Å²) in [5, 5.41) is 7.23. The van der Waals surface area contributed by atoms with Gasteiger partial charge in [-0.15, -0.1) is 11.3 Å². The number of rotatable bonds is 3. The second-order valence-corrected chi connectivity index (χ2v) is 5.80. The molecule has 2 rings (SSSR count). The number of aromatic nitrogens is 1. The summed E-state index contributed by atoms with van der Waals surface area (Å²) in [5.41, 5.74) is 1.07. The van der Waals surface area contributed by atoms with Crippen LogP contribution in [0, 0.1) is 19.8 Å². The lowest BCUT2D eigenvalue weighted by Crippen LogP contribution is -2.40. The summed E-state index contributed by atoms with van der Waals surface area (Å²) >= 11 is 1.66. The minimum Gasteiger partial charge on any atom is -0.349 e. The third-order valence-corrected chi connectivity index (χ3v) is 4.23. The molecule has 0 aliphatic carbocycles. The molecule has 1 aromatic heterocycles. The van der Waals surface area contributed by atoms with Crippen molar-refractivity contribution in [2.45, 2.75) is 33.2 Å². The first-order valence-electron chi connectivity index (χ1n) is 6.08. The maximum absolute atomic E-state index is 11.9. The molecule has 0 radical (unpaired) electrons. The first-order valence-corrected chi connectivity index (χ1v) is 6.90. The lowest BCUT2D eigenvalue weighted by Gasteiger charge is -2.21. The van der Waals surface area contributed by atoms with Gasteiger partial charge in [-0.3, -0.25) is 4.79 Å². The SMILES string of the molecule is Cc1nc(CNC(=O)C2CCCNC2)sc1C. The lowest BCUT2D eigenvalue weighted by atomic mass is 9.99. The maximum Gasteiger partial charge on any atom is 0.224 e. The summed E-state index contributed by atoms with van der Waals surface area (Å²) in [6.45, 7) is 6.47. The predicted octanol–water partition coefficient (Wildman–Crippen LogP) is 1.38. The Balaban J connectivity index is 1.83. The van der Waals surface area contributed by atoms with Gasteiger partial charge in [0.2, 0.25) is 5.91 Å². The van der Waals surface area contributed by atoms with Gasteiger partial charge in [0.05, 0.1) is 18.2 Å². The molecule has 94 valence electrons. The molecule has 0 aromatic carbocycles. The Hall–Kier alpha value is -0.940. The molecule has 5 heteroatoms. The number of nitrogens with one attached hydrogen (secondary N) is 2. The van der Waals surface area contributed by atoms with Gasteiger partial charge in [-0.2, -0.15) is 0 Å². The number of thiazole rings is 1. The van der Waals surface area contributed by atoms with Crippen molar-refractivity contribution in [2.75, 3.05) is 13.1 Å². The molecule has 1 fully saturated rings. The highest BCUT2D eigenvalue weighted by Crippen LogP contribution is 2.16. The predicted molar refractivity (Wildman–Crippen MR) is 69.0 cm³/mol. The van der Waals surface area contributed by atoms with E-state index in [0.717, 1.165) is 36.6 Å². The number of hydrogen-bond donors (Lipinski definition) is 2. The Bertz CT molecular complexity index is 377. The van der Waals surface area contributed by atoms with E-state index in [0.29, 0.717) is 6.54 Å². The number of nitrogens with zero attached hydrogens (tertiary/aromatic N) is 1. The summed E-state index contributed by atoms with van der Waals surface area (Å²) in [6, 6.07) is 0. The van der Waals surface area contributed by atoms with Crippen molar-refractivity contribution in [3.63, 3.8) is 0 Å². The Labute approximate surface area is 106 Å². The third-order valence-electron chi connectivity index (χ3n) is 3.15. The molecule has 1 saturated heterocycles. The van der Waals surface area contributed by atoms with Crippen LogP contribution in [0.25, 0.3) is 0 Å². The molecule has 1 aliphatic rings. The quantitative estimate of drug-likeness (QED) is 0.855. The average molecular weight is 253 g/mol. The number of hydrogen-bond acceptors (Lipinski definition) is 4. The highest BCUT2D eigenvalue weighted by molar-refractivity contribution is 7.11. The standard InChI is InChI=1S/C12H19N3OS/c1-8-9(2)17-11(15-8)7-14-12(16)10-4-3-5-13-6-10/h10,13H,3-7H2,1-2H3,(H,14,16). The zero-order chi connectivity index (χ0) is 12.3. The number of aryl methyl sites for hydroxylation is 2. The van der Waals surface area contributed by atoms with Gasteiger partial charge in [0.15, 0.2) is 0 Å². The molecule has 2 N–H and O–H groups in total. The van der Waals surface area contributed by atoms with Crippen LogP contribution in [0.15, 0.2) is 0 Å². The second-order valence-electron chi connectivity index (χ2n) is 4.51. The van der Waals surface area contributed by atoms with Crippen LogP contribution < -0.4 is 10.6 Å². The van der Waals surface area contributed by atoms with Crippen molar-refractivity contribution in [1.29, 1.82) is 0 Å². The van der Waals surface area contributed by atoms with Gasteiger partial charge >= 0.3 is 0 Å². The molecular weight excluding hydrogens is 234 g/mol. The molecule has 0 saturated carbocycles. The lowest BCUT2D eigenvalue weighted by molar-refractivity contribution is -0.125. The fraction of sp³-hybridized carbons (Fsp3) is 0.667. The fourth-order valence-electron chi connectivity index (χ4n) is 2.00. The van der Waals surface area contributed by atoms with Crippen LogP contribution in [0.3, 0.4) is 0 Å². The molecule has 1 atom stereocenters. The van der Waals surface area contributed by atoms with Crippen LogP contribution in [0.1, 0.15) is 28.4 Å². The molecule has 4 nitrogen and oxygen atoms in total. The highest BCUT2D eigenvalue weighted by atomic mass is 32.1. The van der Waals surface area contributed by atoms with Crippen LogP contribution in [-0.4, -0.2) is 24.0 Å². The van der Waals surface area contributed by atoms with E-state index in [2.05, 4.69) is 22.5 Å². The zero-order valence-corrected chi connectivity index (χ0v) is 11.2. The monoisotopic (exact) mass is 253 g/mol. The van der Waals surface area contributed by atoms with Crippen molar-refractivity contribution < 1.29 is 4.79 Å². The molecule has 0 spiro atoms. The van der Waals surface area contributed by atoms with Crippen molar-refractivity contribution in [2.24, 2.45) is 5.92 Å². The molecule has 2 heterocycles.